The highest BCUT2D eigenvalue weighted by Gasteiger charge is 2.14. The van der Waals surface area contributed by atoms with Gasteiger partial charge in [-0.05, 0) is 47.9 Å². The number of fused-ring (bicyclic) bond motifs is 1. The van der Waals surface area contributed by atoms with Crippen molar-refractivity contribution in [2.75, 3.05) is 6.54 Å². The van der Waals surface area contributed by atoms with Gasteiger partial charge < -0.3 is 14.5 Å². The zero-order valence-electron chi connectivity index (χ0n) is 16.8. The maximum atomic E-state index is 12.2. The Balaban J connectivity index is 1.74. The fourth-order valence-electron chi connectivity index (χ4n) is 2.64. The first-order valence-corrected chi connectivity index (χ1v) is 10.2. The number of nitrogens with one attached hydrogen (secondary N) is 1. The first kappa shape index (κ1) is 22.6. The minimum atomic E-state index is -0.767. The van der Waals surface area contributed by atoms with Crippen LogP contribution in [-0.2, 0) is 4.79 Å². The average molecular weight is 460 g/mol. The molecule has 1 amide bonds. The zero-order chi connectivity index (χ0) is 22.5. The summed E-state index contributed by atoms with van der Waals surface area (Å²) in [5, 5.41) is 4.00. The van der Waals surface area contributed by atoms with Gasteiger partial charge in [0.1, 0.15) is 16.9 Å². The maximum absolute atomic E-state index is 12.2. The van der Waals surface area contributed by atoms with Gasteiger partial charge in [-0.25, -0.2) is 9.59 Å². The van der Waals surface area contributed by atoms with E-state index >= 15 is 0 Å². The van der Waals surface area contributed by atoms with Gasteiger partial charge in [0.05, 0.1) is 10.0 Å². The Morgan fingerprint density at radius 1 is 1.10 bits per heavy atom. The minimum Gasteiger partial charge on any atom is -0.423 e. The van der Waals surface area contributed by atoms with Gasteiger partial charge >= 0.3 is 11.6 Å². The number of carbonyl (C=O) groups is 2. The number of esters is 1. The topological polar surface area (TPSA) is 85.6 Å². The van der Waals surface area contributed by atoms with Gasteiger partial charge in [-0.15, -0.1) is 0 Å². The Labute approximate surface area is 188 Å². The van der Waals surface area contributed by atoms with Crippen LogP contribution in [0, 0.1) is 5.92 Å². The smallest absolute Gasteiger partial charge is 0.349 e. The minimum absolute atomic E-state index is 0.0811. The van der Waals surface area contributed by atoms with Crippen LogP contribution in [0.1, 0.15) is 29.8 Å². The Bertz CT molecular complexity index is 1230. The van der Waals surface area contributed by atoms with E-state index in [4.69, 9.17) is 32.4 Å². The molecule has 0 unspecified atom stereocenters. The molecule has 0 bridgehead atoms. The Morgan fingerprint density at radius 2 is 1.87 bits per heavy atom. The molecule has 1 heterocycles. The van der Waals surface area contributed by atoms with Crippen LogP contribution in [0.3, 0.4) is 0 Å². The van der Waals surface area contributed by atoms with E-state index < -0.39 is 17.5 Å². The normalized spacial score (nSPS) is 11.3. The molecule has 0 aliphatic rings. The molecule has 6 nitrogen and oxygen atoms in total. The van der Waals surface area contributed by atoms with E-state index in [0.717, 1.165) is 0 Å². The largest absolute Gasteiger partial charge is 0.423 e. The molecule has 0 saturated carbocycles. The number of amides is 1. The first-order valence-electron chi connectivity index (χ1n) is 9.44. The van der Waals surface area contributed by atoms with Crippen LogP contribution in [0.2, 0.25) is 10.0 Å². The van der Waals surface area contributed by atoms with Gasteiger partial charge in [0.2, 0.25) is 0 Å². The summed E-state index contributed by atoms with van der Waals surface area (Å²) in [7, 11) is 0. The summed E-state index contributed by atoms with van der Waals surface area (Å²) in [6.07, 6.45) is 2.77. The molecule has 1 aromatic heterocycles. The van der Waals surface area contributed by atoms with E-state index in [9.17, 15) is 14.4 Å². The van der Waals surface area contributed by atoms with Crippen molar-refractivity contribution in [2.45, 2.75) is 13.8 Å². The fourth-order valence-corrected chi connectivity index (χ4v) is 2.94. The summed E-state index contributed by atoms with van der Waals surface area (Å²) in [5.41, 5.74) is 0.0301. The summed E-state index contributed by atoms with van der Waals surface area (Å²) in [5.74, 6) is -0.680. The van der Waals surface area contributed by atoms with Crippen molar-refractivity contribution in [3.05, 3.63) is 80.1 Å². The lowest BCUT2D eigenvalue weighted by Crippen LogP contribution is -2.31. The third kappa shape index (κ3) is 5.96. The number of rotatable bonds is 6. The van der Waals surface area contributed by atoms with Crippen molar-refractivity contribution in [1.29, 1.82) is 0 Å². The van der Waals surface area contributed by atoms with Crippen molar-refractivity contribution in [2.24, 2.45) is 5.92 Å². The monoisotopic (exact) mass is 459 g/mol. The molecule has 8 heteroatoms. The molecular formula is C23H19Cl2NO5. The van der Waals surface area contributed by atoms with Crippen LogP contribution in [0.25, 0.3) is 17.0 Å². The highest BCUT2D eigenvalue weighted by molar-refractivity contribution is 6.42. The lowest BCUT2D eigenvalue weighted by atomic mass is 10.1. The van der Waals surface area contributed by atoms with Crippen molar-refractivity contribution in [1.82, 2.24) is 5.32 Å². The molecule has 0 fully saturated rings. The first-order chi connectivity index (χ1) is 14.7. The van der Waals surface area contributed by atoms with Gasteiger partial charge in [-0.2, -0.15) is 0 Å². The molecule has 3 rings (SSSR count). The molecule has 2 aromatic carbocycles. The zero-order valence-corrected chi connectivity index (χ0v) is 18.3. The maximum Gasteiger partial charge on any atom is 0.349 e. The molecule has 0 atom stereocenters. The third-order valence-corrected chi connectivity index (χ3v) is 4.94. The lowest BCUT2D eigenvalue weighted by molar-refractivity contribution is -0.128. The molecule has 1 N–H and O–H groups in total. The van der Waals surface area contributed by atoms with Crippen LogP contribution in [0.15, 0.2) is 57.8 Å². The van der Waals surface area contributed by atoms with Crippen LogP contribution in [0.5, 0.6) is 5.75 Å². The van der Waals surface area contributed by atoms with E-state index in [-0.39, 0.29) is 22.8 Å². The summed E-state index contributed by atoms with van der Waals surface area (Å²) in [6.45, 7) is 4.35. The van der Waals surface area contributed by atoms with Crippen LogP contribution < -0.4 is 15.7 Å². The standard InChI is InChI=1S/C23H19Cl2NO5/c1-13(2)12-26-22(28)17-10-15-5-6-16(11-20(15)31-23(17)29)30-21(27)8-4-14-3-7-18(24)19(25)9-14/h3-11,13H,12H2,1-2H3,(H,26,28)/b8-4+. The van der Waals surface area contributed by atoms with E-state index in [0.29, 0.717) is 27.5 Å². The molecule has 0 radical (unpaired) electrons. The summed E-state index contributed by atoms with van der Waals surface area (Å²) < 4.78 is 10.5. The number of carbonyl (C=O) groups excluding carboxylic acids is 2. The second-order valence-electron chi connectivity index (χ2n) is 7.18. The number of hydrogen-bond donors (Lipinski definition) is 1. The SMILES string of the molecule is CC(C)CNC(=O)c1cc2ccc(OC(=O)/C=C/c3ccc(Cl)c(Cl)c3)cc2oc1=O. The molecule has 0 spiro atoms. The fraction of sp³-hybridized carbons (Fsp3) is 0.174. The van der Waals surface area contributed by atoms with Gasteiger partial charge in [0.25, 0.3) is 5.91 Å². The Hall–Kier alpha value is -3.09. The van der Waals surface area contributed by atoms with Gasteiger partial charge in [0, 0.05) is 24.1 Å². The number of ether oxygens (including phenoxy) is 1. The molecule has 3 aromatic rings. The second-order valence-corrected chi connectivity index (χ2v) is 7.99. The Kier molecular flexibility index (Phi) is 7.15. The Morgan fingerprint density at radius 3 is 2.58 bits per heavy atom. The predicted octanol–water partition coefficient (Wildman–Crippen LogP) is 5.10. The van der Waals surface area contributed by atoms with E-state index in [2.05, 4.69) is 5.32 Å². The summed E-state index contributed by atoms with van der Waals surface area (Å²) >= 11 is 11.8. The van der Waals surface area contributed by atoms with Crippen molar-refractivity contribution in [3.63, 3.8) is 0 Å². The molecule has 0 aliphatic heterocycles. The highest BCUT2D eigenvalue weighted by atomic mass is 35.5. The molecule has 0 aliphatic carbocycles. The second kappa shape index (κ2) is 9.81. The number of hydrogen-bond acceptors (Lipinski definition) is 5. The summed E-state index contributed by atoms with van der Waals surface area (Å²) in [6, 6.07) is 11.0. The van der Waals surface area contributed by atoms with Crippen LogP contribution in [-0.4, -0.2) is 18.4 Å². The van der Waals surface area contributed by atoms with Crippen molar-refractivity contribution < 1.29 is 18.7 Å². The average Bonchev–Trinajstić information content (AvgIpc) is 2.72. The van der Waals surface area contributed by atoms with Gasteiger partial charge in [0.15, 0.2) is 0 Å². The van der Waals surface area contributed by atoms with Gasteiger partial charge in [-0.3, -0.25) is 4.79 Å². The van der Waals surface area contributed by atoms with E-state index in [1.165, 1.54) is 24.3 Å². The molecule has 160 valence electrons. The molecule has 0 saturated heterocycles. The lowest BCUT2D eigenvalue weighted by Gasteiger charge is -2.08. The van der Waals surface area contributed by atoms with E-state index in [1.807, 2.05) is 13.8 Å². The van der Waals surface area contributed by atoms with Crippen molar-refractivity contribution >= 4 is 52.1 Å². The highest BCUT2D eigenvalue weighted by Crippen LogP contribution is 2.24. The van der Waals surface area contributed by atoms with Gasteiger partial charge in [-0.1, -0.05) is 43.1 Å². The predicted molar refractivity (Wildman–Crippen MR) is 121 cm³/mol. The molecular weight excluding hydrogens is 441 g/mol. The summed E-state index contributed by atoms with van der Waals surface area (Å²) in [4.78, 5) is 36.5. The quantitative estimate of drug-likeness (QED) is 0.239. The third-order valence-electron chi connectivity index (χ3n) is 4.20. The number of benzene rings is 2. The van der Waals surface area contributed by atoms with Crippen LogP contribution >= 0.6 is 23.2 Å². The van der Waals surface area contributed by atoms with Crippen LogP contribution in [0.4, 0.5) is 0 Å². The van der Waals surface area contributed by atoms with E-state index in [1.54, 1.807) is 30.3 Å². The molecule has 31 heavy (non-hydrogen) atoms. The van der Waals surface area contributed by atoms with Crippen molar-refractivity contribution in [3.8, 4) is 5.75 Å². The number of halogens is 2.